The normalized spacial score (nSPS) is 10.7. The summed E-state index contributed by atoms with van der Waals surface area (Å²) in [7, 11) is 0. The smallest absolute Gasteiger partial charge is 0.156 e. The third-order valence-corrected chi connectivity index (χ3v) is 2.48. The number of nitrogens with zero attached hydrogens (tertiary/aromatic N) is 1. The summed E-state index contributed by atoms with van der Waals surface area (Å²) in [6, 6.07) is 1.96. The van der Waals surface area contributed by atoms with E-state index < -0.39 is 0 Å². The fourth-order valence-electron chi connectivity index (χ4n) is 1.06. The molecule has 2 aromatic heterocycles. The molecular weight excluding hydrogens is 253 g/mol. The molecule has 0 N–H and O–H groups in total. The molecule has 0 aliphatic carbocycles. The molecule has 0 aliphatic rings. The predicted octanol–water partition coefficient (Wildman–Crippen LogP) is 2.74. The van der Waals surface area contributed by atoms with E-state index in [-0.39, 0.29) is 0 Å². The summed E-state index contributed by atoms with van der Waals surface area (Å²) in [6.07, 6.45) is 3.55. The van der Waals surface area contributed by atoms with Crippen LogP contribution in [0.3, 0.4) is 0 Å². The van der Waals surface area contributed by atoms with Crippen LogP contribution in [0.2, 0.25) is 0 Å². The van der Waals surface area contributed by atoms with Crippen LogP contribution in [-0.2, 0) is 0 Å². The van der Waals surface area contributed by atoms with E-state index in [0.717, 1.165) is 20.2 Å². The molecule has 11 heavy (non-hydrogen) atoms. The van der Waals surface area contributed by atoms with Gasteiger partial charge >= 0.3 is 0 Å². The van der Waals surface area contributed by atoms with E-state index in [1.54, 1.807) is 6.26 Å². The minimum atomic E-state index is 0.900. The third kappa shape index (κ3) is 1.03. The molecule has 0 saturated heterocycles. The number of halogens is 1. The summed E-state index contributed by atoms with van der Waals surface area (Å²) < 4.78 is 6.40. The van der Waals surface area contributed by atoms with Gasteiger partial charge in [0.05, 0.1) is 12.0 Å². The first-order chi connectivity index (χ1) is 5.29. The minimum Gasteiger partial charge on any atom is -0.462 e. The highest BCUT2D eigenvalue weighted by Crippen LogP contribution is 2.22. The van der Waals surface area contributed by atoms with Crippen molar-refractivity contribution in [3.63, 3.8) is 0 Å². The largest absolute Gasteiger partial charge is 0.462 e. The molecule has 0 bridgehead atoms. The number of hydrogen-bond donors (Lipinski definition) is 0. The van der Waals surface area contributed by atoms with Crippen molar-refractivity contribution in [2.24, 2.45) is 0 Å². The topological polar surface area (TPSA) is 26.0 Å². The Kier molecular flexibility index (Phi) is 1.60. The SMILES string of the molecule is Cc1ncc(I)c2ccoc12. The molecule has 56 valence electrons. The van der Waals surface area contributed by atoms with Crippen molar-refractivity contribution in [3.8, 4) is 0 Å². The molecule has 0 spiro atoms. The van der Waals surface area contributed by atoms with Crippen molar-refractivity contribution < 1.29 is 4.42 Å². The maximum Gasteiger partial charge on any atom is 0.156 e. The standard InChI is InChI=1S/C8H6INO/c1-5-8-6(2-3-11-8)7(9)4-10-5/h2-4H,1H3. The lowest BCUT2D eigenvalue weighted by atomic mass is 10.3. The highest BCUT2D eigenvalue weighted by atomic mass is 127. The maximum absolute atomic E-state index is 5.26. The zero-order valence-electron chi connectivity index (χ0n) is 5.97. The molecule has 2 aromatic rings. The van der Waals surface area contributed by atoms with Gasteiger partial charge in [0, 0.05) is 15.2 Å². The number of aromatic nitrogens is 1. The summed E-state index contributed by atoms with van der Waals surface area (Å²) in [5.74, 6) is 0. The lowest BCUT2D eigenvalue weighted by molar-refractivity contribution is 0.611. The second kappa shape index (κ2) is 2.48. The number of pyridine rings is 1. The monoisotopic (exact) mass is 259 g/mol. The van der Waals surface area contributed by atoms with E-state index in [1.807, 2.05) is 19.2 Å². The van der Waals surface area contributed by atoms with Crippen LogP contribution in [0.4, 0.5) is 0 Å². The molecule has 2 heterocycles. The van der Waals surface area contributed by atoms with E-state index in [0.29, 0.717) is 0 Å². The van der Waals surface area contributed by atoms with Crippen molar-refractivity contribution in [1.29, 1.82) is 0 Å². The van der Waals surface area contributed by atoms with Crippen molar-refractivity contribution in [2.45, 2.75) is 6.92 Å². The number of furan rings is 1. The molecule has 0 saturated carbocycles. The lowest BCUT2D eigenvalue weighted by Gasteiger charge is -1.94. The van der Waals surface area contributed by atoms with Gasteiger partial charge in [-0.1, -0.05) is 0 Å². The van der Waals surface area contributed by atoms with E-state index in [1.165, 1.54) is 0 Å². The van der Waals surface area contributed by atoms with Crippen molar-refractivity contribution in [2.75, 3.05) is 0 Å². The second-order valence-corrected chi connectivity index (χ2v) is 3.52. The molecule has 0 fully saturated rings. The summed E-state index contributed by atoms with van der Waals surface area (Å²) in [6.45, 7) is 1.95. The molecule has 3 heteroatoms. The van der Waals surface area contributed by atoms with Gasteiger partial charge < -0.3 is 4.42 Å². The van der Waals surface area contributed by atoms with Gasteiger partial charge in [-0.2, -0.15) is 0 Å². The number of fused-ring (bicyclic) bond motifs is 1. The molecule has 0 amide bonds. The second-order valence-electron chi connectivity index (χ2n) is 2.35. The first-order valence-electron chi connectivity index (χ1n) is 3.27. The first kappa shape index (κ1) is 7.09. The molecular formula is C8H6INO. The Labute approximate surface area is 77.8 Å². The van der Waals surface area contributed by atoms with Gasteiger partial charge in [0.1, 0.15) is 0 Å². The van der Waals surface area contributed by atoms with Crippen LogP contribution in [0, 0.1) is 10.5 Å². The van der Waals surface area contributed by atoms with Gasteiger partial charge in [-0.05, 0) is 35.6 Å². The average molecular weight is 259 g/mol. The average Bonchev–Trinajstić information content (AvgIpc) is 2.45. The predicted molar refractivity (Wildman–Crippen MR) is 51.5 cm³/mol. The Morgan fingerprint density at radius 3 is 3.09 bits per heavy atom. The van der Waals surface area contributed by atoms with E-state index >= 15 is 0 Å². The summed E-state index contributed by atoms with van der Waals surface area (Å²) in [5.41, 5.74) is 1.85. The molecule has 0 radical (unpaired) electrons. The summed E-state index contributed by atoms with van der Waals surface area (Å²) in [4.78, 5) is 4.18. The van der Waals surface area contributed by atoms with Crippen molar-refractivity contribution >= 4 is 33.6 Å². The molecule has 0 unspecified atom stereocenters. The van der Waals surface area contributed by atoms with Crippen molar-refractivity contribution in [1.82, 2.24) is 4.98 Å². The van der Waals surface area contributed by atoms with Gasteiger partial charge in [-0.3, -0.25) is 4.98 Å². The minimum absolute atomic E-state index is 0.900. The third-order valence-electron chi connectivity index (χ3n) is 1.62. The molecule has 0 aromatic carbocycles. The zero-order chi connectivity index (χ0) is 7.84. The van der Waals surface area contributed by atoms with Gasteiger partial charge in [0.15, 0.2) is 5.58 Å². The molecule has 0 aliphatic heterocycles. The van der Waals surface area contributed by atoms with Crippen LogP contribution in [-0.4, -0.2) is 4.98 Å². The Hall–Kier alpha value is -0.580. The first-order valence-corrected chi connectivity index (χ1v) is 4.35. The molecule has 0 atom stereocenters. The van der Waals surface area contributed by atoms with Gasteiger partial charge in [-0.15, -0.1) is 0 Å². The fraction of sp³-hybridized carbons (Fsp3) is 0.125. The summed E-state index contributed by atoms with van der Waals surface area (Å²) in [5, 5.41) is 1.15. The molecule has 2 rings (SSSR count). The molecule has 2 nitrogen and oxygen atoms in total. The Morgan fingerprint density at radius 2 is 2.36 bits per heavy atom. The van der Waals surface area contributed by atoms with Crippen LogP contribution in [0.1, 0.15) is 5.69 Å². The number of aryl methyl sites for hydroxylation is 1. The Balaban J connectivity index is 2.96. The quantitative estimate of drug-likeness (QED) is 0.680. The zero-order valence-corrected chi connectivity index (χ0v) is 8.12. The van der Waals surface area contributed by atoms with Crippen LogP contribution < -0.4 is 0 Å². The van der Waals surface area contributed by atoms with Gasteiger partial charge in [0.2, 0.25) is 0 Å². The van der Waals surface area contributed by atoms with Gasteiger partial charge in [0.25, 0.3) is 0 Å². The van der Waals surface area contributed by atoms with E-state index in [2.05, 4.69) is 27.6 Å². The van der Waals surface area contributed by atoms with Crippen LogP contribution >= 0.6 is 22.6 Å². The van der Waals surface area contributed by atoms with Crippen molar-refractivity contribution in [3.05, 3.63) is 27.8 Å². The van der Waals surface area contributed by atoms with Crippen LogP contribution in [0.25, 0.3) is 11.0 Å². The van der Waals surface area contributed by atoms with Crippen LogP contribution in [0.5, 0.6) is 0 Å². The number of hydrogen-bond acceptors (Lipinski definition) is 2. The van der Waals surface area contributed by atoms with E-state index in [4.69, 9.17) is 4.42 Å². The fourth-order valence-corrected chi connectivity index (χ4v) is 1.62. The van der Waals surface area contributed by atoms with E-state index in [9.17, 15) is 0 Å². The Bertz CT molecular complexity index is 358. The highest BCUT2D eigenvalue weighted by molar-refractivity contribution is 14.1. The summed E-state index contributed by atoms with van der Waals surface area (Å²) >= 11 is 2.25. The van der Waals surface area contributed by atoms with Crippen LogP contribution in [0.15, 0.2) is 22.9 Å². The number of rotatable bonds is 0. The lowest BCUT2D eigenvalue weighted by Crippen LogP contribution is -1.82. The van der Waals surface area contributed by atoms with Gasteiger partial charge in [-0.25, -0.2) is 0 Å². The maximum atomic E-state index is 5.26. The highest BCUT2D eigenvalue weighted by Gasteiger charge is 2.03. The Morgan fingerprint density at radius 1 is 1.55 bits per heavy atom.